The van der Waals surface area contributed by atoms with Gasteiger partial charge in [-0.1, -0.05) is 39.0 Å². The molecule has 4 amide bonds. The second-order valence-electron chi connectivity index (χ2n) is 13.2. The lowest BCUT2D eigenvalue weighted by molar-refractivity contribution is -0.131. The van der Waals surface area contributed by atoms with Crippen LogP contribution in [0.25, 0.3) is 33.2 Å². The van der Waals surface area contributed by atoms with Crippen LogP contribution in [0.3, 0.4) is 0 Å². The van der Waals surface area contributed by atoms with E-state index in [0.717, 1.165) is 62.3 Å². The maximum Gasteiger partial charge on any atom is 0.407 e. The topological polar surface area (TPSA) is 180 Å². The van der Waals surface area contributed by atoms with Gasteiger partial charge in [0.15, 0.2) is 0 Å². The summed E-state index contributed by atoms with van der Waals surface area (Å²) in [5, 5.41) is 10.1. The molecule has 4 aromatic rings. The van der Waals surface area contributed by atoms with E-state index in [1.165, 1.54) is 14.2 Å². The van der Waals surface area contributed by atoms with Crippen LogP contribution in [0.1, 0.15) is 38.6 Å². The SMILES string of the molecule is CCCN(Cc1ncc(-c2ccc3c(c2)COc2cc4c(NC)c(/N=C/CN(CC(C)C)C(=O)CNC(=O)OC)ccc4cc2-3)[nH]1)C(=O)CNC(=O)OC. The monoisotopic (exact) mass is 740 g/mol. The maximum atomic E-state index is 12.8. The van der Waals surface area contributed by atoms with Crippen LogP contribution in [-0.4, -0.2) is 104 Å². The number of carbonyl (C=O) groups excluding carboxylic acids is 4. The van der Waals surface area contributed by atoms with E-state index in [2.05, 4.69) is 53.6 Å². The Morgan fingerprint density at radius 1 is 0.981 bits per heavy atom. The van der Waals surface area contributed by atoms with Gasteiger partial charge >= 0.3 is 12.2 Å². The number of amides is 4. The van der Waals surface area contributed by atoms with Crippen molar-refractivity contribution in [1.29, 1.82) is 0 Å². The molecule has 2 heterocycles. The van der Waals surface area contributed by atoms with Crippen molar-refractivity contribution >= 4 is 52.4 Å². The highest BCUT2D eigenvalue weighted by Crippen LogP contribution is 2.44. The molecular weight excluding hydrogens is 692 g/mol. The van der Waals surface area contributed by atoms with E-state index in [1.54, 1.807) is 22.2 Å². The third-order valence-electron chi connectivity index (χ3n) is 8.86. The van der Waals surface area contributed by atoms with Crippen LogP contribution in [-0.2, 0) is 32.2 Å². The number of hydrogen-bond acceptors (Lipinski definition) is 10. The first-order valence-corrected chi connectivity index (χ1v) is 17.9. The number of ether oxygens (including phenoxy) is 3. The quantitative estimate of drug-likeness (QED) is 0.115. The van der Waals surface area contributed by atoms with Crippen LogP contribution in [0, 0.1) is 5.92 Å². The van der Waals surface area contributed by atoms with Gasteiger partial charge in [-0.05, 0) is 58.7 Å². The van der Waals surface area contributed by atoms with Crippen LogP contribution in [0.4, 0.5) is 21.0 Å². The zero-order valence-corrected chi connectivity index (χ0v) is 31.6. The van der Waals surface area contributed by atoms with Crippen LogP contribution in [0.15, 0.2) is 53.7 Å². The summed E-state index contributed by atoms with van der Waals surface area (Å²) >= 11 is 0. The molecule has 0 radical (unpaired) electrons. The molecule has 0 bridgehead atoms. The lowest BCUT2D eigenvalue weighted by Gasteiger charge is -2.23. The third-order valence-corrected chi connectivity index (χ3v) is 8.86. The predicted octanol–water partition coefficient (Wildman–Crippen LogP) is 5.47. The molecule has 0 saturated heterocycles. The Morgan fingerprint density at radius 3 is 2.37 bits per heavy atom. The third kappa shape index (κ3) is 9.45. The molecule has 0 aliphatic carbocycles. The summed E-state index contributed by atoms with van der Waals surface area (Å²) in [5.74, 6) is 1.17. The predicted molar refractivity (Wildman–Crippen MR) is 207 cm³/mol. The number of H-pyrrole nitrogens is 1. The van der Waals surface area contributed by atoms with Crippen LogP contribution >= 0.6 is 0 Å². The number of nitrogens with one attached hydrogen (secondary N) is 4. The maximum absolute atomic E-state index is 12.8. The Bertz CT molecular complexity index is 2030. The first-order chi connectivity index (χ1) is 26.0. The number of fused-ring (bicyclic) bond motifs is 4. The van der Waals surface area contributed by atoms with Gasteiger partial charge in [-0.2, -0.15) is 0 Å². The Kier molecular flexibility index (Phi) is 13.1. The number of imidazole rings is 1. The number of aliphatic imine (C=N–C) groups is 1. The number of anilines is 1. The number of benzene rings is 3. The van der Waals surface area contributed by atoms with E-state index >= 15 is 0 Å². The number of aromatic nitrogens is 2. The van der Waals surface area contributed by atoms with Crippen molar-refractivity contribution in [3.8, 4) is 28.1 Å². The standard InChI is InChI=1S/C39H48N8O7/c1-7-13-46(35(48)19-43-38(50)52-5)22-34-42-18-32(45-34)26-8-10-28-27(15-26)23-54-33-17-29-25(16-30(28)33)9-11-31(37(29)40-4)41-12-14-47(21-24(2)3)36(49)20-44-39(51)53-6/h8-12,15-18,24,40H,7,13-14,19-23H2,1-6H3,(H,42,45)(H,43,50)(H,44,51)/b41-12+. The highest BCUT2D eigenvalue weighted by molar-refractivity contribution is 6.03. The average molecular weight is 741 g/mol. The van der Waals surface area contributed by atoms with Gasteiger partial charge in [0, 0.05) is 37.3 Å². The molecule has 3 aromatic carbocycles. The van der Waals surface area contributed by atoms with E-state index in [-0.39, 0.29) is 43.9 Å². The second kappa shape index (κ2) is 18.1. The molecule has 0 spiro atoms. The van der Waals surface area contributed by atoms with Crippen molar-refractivity contribution in [3.63, 3.8) is 0 Å². The van der Waals surface area contributed by atoms with Crippen molar-refractivity contribution in [3.05, 3.63) is 60.0 Å². The molecule has 1 aliphatic heterocycles. The van der Waals surface area contributed by atoms with Gasteiger partial charge in [0.05, 0.1) is 50.6 Å². The molecule has 0 atom stereocenters. The molecule has 1 aliphatic rings. The highest BCUT2D eigenvalue weighted by Gasteiger charge is 2.22. The van der Waals surface area contributed by atoms with Crippen molar-refractivity contribution in [2.75, 3.05) is 59.3 Å². The zero-order valence-electron chi connectivity index (χ0n) is 31.6. The second-order valence-corrected chi connectivity index (χ2v) is 13.2. The summed E-state index contributed by atoms with van der Waals surface area (Å²) in [6, 6.07) is 14.3. The molecule has 1 aromatic heterocycles. The molecule has 15 heteroatoms. The molecule has 286 valence electrons. The summed E-state index contributed by atoms with van der Waals surface area (Å²) in [7, 11) is 4.36. The largest absolute Gasteiger partial charge is 0.488 e. The molecule has 4 N–H and O–H groups in total. The van der Waals surface area contributed by atoms with Gasteiger partial charge in [0.2, 0.25) is 11.8 Å². The molecular formula is C39H48N8O7. The first kappa shape index (κ1) is 39.1. The van der Waals surface area contributed by atoms with Crippen molar-refractivity contribution in [2.45, 2.75) is 40.3 Å². The minimum absolute atomic E-state index is 0.159. The summed E-state index contributed by atoms with van der Waals surface area (Å²) < 4.78 is 15.5. The smallest absolute Gasteiger partial charge is 0.407 e. The van der Waals surface area contributed by atoms with Crippen molar-refractivity contribution in [2.24, 2.45) is 10.9 Å². The van der Waals surface area contributed by atoms with Crippen LogP contribution < -0.4 is 20.7 Å². The Balaban J connectivity index is 1.33. The molecule has 54 heavy (non-hydrogen) atoms. The van der Waals surface area contributed by atoms with E-state index in [4.69, 9.17) is 9.73 Å². The number of rotatable bonds is 15. The number of carbonyl (C=O) groups is 4. The van der Waals surface area contributed by atoms with E-state index in [1.807, 2.05) is 52.1 Å². The number of nitrogens with zero attached hydrogens (tertiary/aromatic N) is 4. The summed E-state index contributed by atoms with van der Waals surface area (Å²) in [4.78, 5) is 64.4. The minimum atomic E-state index is -0.658. The van der Waals surface area contributed by atoms with Gasteiger partial charge in [-0.3, -0.25) is 14.6 Å². The fourth-order valence-corrected chi connectivity index (χ4v) is 6.29. The average Bonchev–Trinajstić information content (AvgIpc) is 3.65. The number of alkyl carbamates (subject to hydrolysis) is 2. The Labute approximate surface area is 314 Å². The summed E-state index contributed by atoms with van der Waals surface area (Å²) in [6.45, 7) is 7.67. The molecule has 5 rings (SSSR count). The van der Waals surface area contributed by atoms with Crippen LogP contribution in [0.5, 0.6) is 5.75 Å². The first-order valence-electron chi connectivity index (χ1n) is 17.9. The van der Waals surface area contributed by atoms with E-state index < -0.39 is 12.2 Å². The molecule has 0 fully saturated rings. The number of aromatic amines is 1. The normalized spacial score (nSPS) is 11.8. The zero-order chi connectivity index (χ0) is 38.8. The van der Waals surface area contributed by atoms with Gasteiger partial charge < -0.3 is 44.9 Å². The fourth-order valence-electron chi connectivity index (χ4n) is 6.29. The van der Waals surface area contributed by atoms with Gasteiger partial charge in [0.1, 0.15) is 31.3 Å². The van der Waals surface area contributed by atoms with Crippen molar-refractivity contribution < 1.29 is 33.4 Å². The molecule has 15 nitrogen and oxygen atoms in total. The summed E-state index contributed by atoms with van der Waals surface area (Å²) in [6.07, 6.45) is 2.90. The summed E-state index contributed by atoms with van der Waals surface area (Å²) in [5.41, 5.74) is 6.39. The van der Waals surface area contributed by atoms with E-state index in [9.17, 15) is 19.2 Å². The molecule has 0 unspecified atom stereocenters. The van der Waals surface area contributed by atoms with E-state index in [0.29, 0.717) is 25.5 Å². The van der Waals surface area contributed by atoms with Crippen LogP contribution in [0.2, 0.25) is 0 Å². The highest BCUT2D eigenvalue weighted by atomic mass is 16.5. The van der Waals surface area contributed by atoms with Gasteiger partial charge in [0.25, 0.3) is 0 Å². The van der Waals surface area contributed by atoms with Gasteiger partial charge in [-0.25, -0.2) is 14.6 Å². The lowest BCUT2D eigenvalue weighted by atomic mass is 9.92. The Hall–Kier alpha value is -6.12. The number of methoxy groups -OCH3 is 2. The van der Waals surface area contributed by atoms with Crippen molar-refractivity contribution in [1.82, 2.24) is 30.4 Å². The number of hydrogen-bond donors (Lipinski definition) is 4. The Morgan fingerprint density at radius 2 is 1.70 bits per heavy atom. The minimum Gasteiger partial charge on any atom is -0.488 e. The molecule has 0 saturated carbocycles. The fraction of sp³-hybridized carbons (Fsp3) is 0.385. The lowest BCUT2D eigenvalue weighted by Crippen LogP contribution is -2.42. The van der Waals surface area contributed by atoms with Gasteiger partial charge in [-0.15, -0.1) is 0 Å².